The summed E-state index contributed by atoms with van der Waals surface area (Å²) in [5.74, 6) is -3.65. The van der Waals surface area contributed by atoms with E-state index in [0.717, 1.165) is 30.3 Å². The fourth-order valence-corrected chi connectivity index (χ4v) is 13.9. The standard InChI is InChI=1S/C36H51N13O24P4/c1-45(2)21(51)7-15-17(69-32(24(15)52)49-14-46(3)23-30(49)43-35(38)44-31(23)55)8-67-75(59,60)72-77(63,64)73-76(61,62)68-9-18-16(27(65-4)34(70-18)48-13-41-22-28(37)39-12-40-29(22)48)11-74(57,58)66-10-19-25(53)26(54)33(71-19)47-6-5-20(50)42-36(47)56/h5-6,12-19,24-27,32-34,52-54H,7-11H2,1-4H3,(H9-,37,38,39,40,42,43,44,50,55,56,57,58,59,60,61,62,63,64)/t15-,16-,17-,18?,19-,24-,25-,26-,27-,32?,33-,34-/m1/s1. The topological polar surface area (TPSA) is 521 Å². The van der Waals surface area contributed by atoms with Crippen molar-refractivity contribution < 1.29 is 104 Å². The van der Waals surface area contributed by atoms with Crippen molar-refractivity contribution in [3.63, 3.8) is 0 Å². The number of ether oxygens (including phenoxy) is 4. The number of nitrogen functional groups attached to an aromatic ring is 2. The molecule has 3 aliphatic rings. The first-order valence-corrected chi connectivity index (χ1v) is 28.6. The van der Waals surface area contributed by atoms with Crippen molar-refractivity contribution in [1.29, 1.82) is 0 Å². The van der Waals surface area contributed by atoms with Gasteiger partial charge in [-0.3, -0.25) is 42.5 Å². The summed E-state index contributed by atoms with van der Waals surface area (Å²) in [5, 5.41) is 32.8. The van der Waals surface area contributed by atoms with Crippen LogP contribution >= 0.6 is 31.1 Å². The molecule has 0 spiro atoms. The van der Waals surface area contributed by atoms with Crippen LogP contribution in [0.4, 0.5) is 11.8 Å². The predicted octanol–water partition coefficient (Wildman–Crippen LogP) is -4.46. The van der Waals surface area contributed by atoms with E-state index in [4.69, 9.17) is 44.0 Å². The molecule has 3 fully saturated rings. The lowest BCUT2D eigenvalue weighted by Crippen LogP contribution is -2.38. The molecule has 12 N–H and O–H groups in total. The van der Waals surface area contributed by atoms with Gasteiger partial charge in [-0.1, -0.05) is 0 Å². The fourth-order valence-electron chi connectivity index (χ4n) is 8.89. The minimum Gasteiger partial charge on any atom is -0.778 e. The molecule has 0 aromatic carbocycles. The van der Waals surface area contributed by atoms with E-state index in [1.807, 2.05) is 4.98 Å². The SMILES string of the molecule is CO[C@@H]1[C@H](CP(=O)([O-])OC[C@H]2O[C@@H](n3ccc(=O)[nH]c3=O)[C@H](O)[C@@H]2O)C(COP(=O)(O)OP(=O)(O)OP(=O)(O)OC[C@H]2OC(n3c[n+](C)c4c(=O)[nH]c(N)nc43)[C@H](O)[C@@H]2CC(=O)N(C)C)O[C@H]1n1cnc2c(N)ncnc21. The van der Waals surface area contributed by atoms with Gasteiger partial charge in [-0.05, 0) is 0 Å². The second-order valence-corrected chi connectivity index (χ2v) is 24.3. The van der Waals surface area contributed by atoms with Crippen LogP contribution in [0.3, 0.4) is 0 Å². The van der Waals surface area contributed by atoms with Crippen LogP contribution in [0.2, 0.25) is 0 Å². The molecule has 8 heterocycles. The van der Waals surface area contributed by atoms with Crippen molar-refractivity contribution in [3.05, 3.63) is 62.4 Å². The second kappa shape index (κ2) is 22.2. The molecule has 6 unspecified atom stereocenters. The molecule has 0 radical (unpaired) electrons. The molecule has 0 bridgehead atoms. The van der Waals surface area contributed by atoms with Gasteiger partial charge in [-0.25, -0.2) is 38.0 Å². The third-order valence-electron chi connectivity index (χ3n) is 12.5. The fraction of sp³-hybridized carbons (Fsp3) is 0.583. The molecule has 41 heteroatoms. The summed E-state index contributed by atoms with van der Waals surface area (Å²) >= 11 is 0. The number of imidazole rings is 2. The predicted molar refractivity (Wildman–Crippen MR) is 250 cm³/mol. The highest BCUT2D eigenvalue weighted by molar-refractivity contribution is 7.66. The van der Waals surface area contributed by atoms with Crippen LogP contribution in [0.5, 0.6) is 0 Å². The number of phosphoric ester groups is 2. The van der Waals surface area contributed by atoms with E-state index < -0.39 is 159 Å². The maximum Gasteiger partial charge on any atom is 0.490 e. The highest BCUT2D eigenvalue weighted by atomic mass is 31.3. The molecule has 3 saturated heterocycles. The van der Waals surface area contributed by atoms with E-state index >= 15 is 0 Å². The minimum absolute atomic E-state index is 0.00675. The number of rotatable bonds is 21. The van der Waals surface area contributed by atoms with Crippen LogP contribution in [-0.2, 0) is 71.2 Å². The van der Waals surface area contributed by atoms with Crippen molar-refractivity contribution >= 4 is 71.1 Å². The van der Waals surface area contributed by atoms with E-state index in [1.54, 1.807) is 0 Å². The first-order valence-electron chi connectivity index (χ1n) is 22.4. The van der Waals surface area contributed by atoms with Gasteiger partial charge in [0.05, 0.1) is 45.4 Å². The lowest BCUT2D eigenvalue weighted by molar-refractivity contribution is -0.646. The number of hydrogen-bond donors (Lipinski definition) is 10. The summed E-state index contributed by atoms with van der Waals surface area (Å²) < 4.78 is 105. The monoisotopic (exact) mass is 1170 g/mol. The first-order chi connectivity index (χ1) is 36.0. The van der Waals surface area contributed by atoms with Gasteiger partial charge in [-0.15, -0.1) is 0 Å². The van der Waals surface area contributed by atoms with Crippen LogP contribution in [0.25, 0.3) is 22.3 Å². The lowest BCUT2D eigenvalue weighted by atomic mass is 9.94. The van der Waals surface area contributed by atoms with Crippen molar-refractivity contribution in [1.82, 2.24) is 48.5 Å². The van der Waals surface area contributed by atoms with Gasteiger partial charge in [0.15, 0.2) is 23.9 Å². The van der Waals surface area contributed by atoms with Gasteiger partial charge in [0, 0.05) is 57.9 Å². The highest BCUT2D eigenvalue weighted by Crippen LogP contribution is 2.68. The van der Waals surface area contributed by atoms with Crippen molar-refractivity contribution in [2.45, 2.75) is 67.8 Å². The van der Waals surface area contributed by atoms with Crippen molar-refractivity contribution in [2.75, 3.05) is 58.7 Å². The van der Waals surface area contributed by atoms with Gasteiger partial charge < -0.3 is 79.3 Å². The van der Waals surface area contributed by atoms with E-state index in [-0.39, 0.29) is 34.1 Å². The molecule has 77 heavy (non-hydrogen) atoms. The molecule has 5 aromatic heterocycles. The summed E-state index contributed by atoms with van der Waals surface area (Å²) in [5.41, 5.74) is 9.26. The minimum atomic E-state index is -6.21. The molecule has 0 aliphatic carbocycles. The van der Waals surface area contributed by atoms with Crippen LogP contribution in [0.1, 0.15) is 25.1 Å². The summed E-state index contributed by atoms with van der Waals surface area (Å²) in [7, 11) is -17.8. The van der Waals surface area contributed by atoms with Gasteiger partial charge in [0.1, 0.15) is 50.0 Å². The molecule has 424 valence electrons. The first kappa shape index (κ1) is 58.1. The number of aromatic nitrogens is 10. The Morgan fingerprint density at radius 3 is 2.05 bits per heavy atom. The molecule has 1 amide bonds. The number of fused-ring (bicyclic) bond motifs is 2. The molecule has 37 nitrogen and oxygen atoms in total. The number of phosphoric acid groups is 3. The molecule has 3 aliphatic heterocycles. The van der Waals surface area contributed by atoms with Gasteiger partial charge in [0.2, 0.25) is 24.4 Å². The number of anilines is 2. The third kappa shape index (κ3) is 12.5. The van der Waals surface area contributed by atoms with E-state index in [2.05, 4.69) is 33.5 Å². The number of aliphatic hydroxyl groups is 3. The Morgan fingerprint density at radius 2 is 1.42 bits per heavy atom. The second-order valence-electron chi connectivity index (χ2n) is 17.8. The van der Waals surface area contributed by atoms with E-state index in [0.29, 0.717) is 0 Å². The zero-order valence-electron chi connectivity index (χ0n) is 40.4. The summed E-state index contributed by atoms with van der Waals surface area (Å²) in [6, 6.07) is 0.931. The molecule has 8 rings (SSSR count). The van der Waals surface area contributed by atoms with Crippen LogP contribution < -0.4 is 37.7 Å². The highest BCUT2D eigenvalue weighted by Gasteiger charge is 2.53. The van der Waals surface area contributed by atoms with Gasteiger partial charge >= 0.3 is 34.7 Å². The van der Waals surface area contributed by atoms with Gasteiger partial charge in [-0.2, -0.15) is 18.2 Å². The summed E-state index contributed by atoms with van der Waals surface area (Å²) in [6.07, 6.45) is -12.8. The maximum atomic E-state index is 13.7. The van der Waals surface area contributed by atoms with E-state index in [1.165, 1.54) is 52.4 Å². The smallest absolute Gasteiger partial charge is 0.490 e. The van der Waals surface area contributed by atoms with Crippen molar-refractivity contribution in [2.24, 2.45) is 18.9 Å². The zero-order valence-corrected chi connectivity index (χ0v) is 43.9. The Balaban J connectivity index is 0.951. The van der Waals surface area contributed by atoms with E-state index in [9.17, 15) is 72.3 Å². The lowest BCUT2D eigenvalue weighted by Gasteiger charge is -2.31. The number of aromatic amines is 2. The molecule has 5 aromatic rings. The van der Waals surface area contributed by atoms with Crippen LogP contribution in [0.15, 0.2) is 45.6 Å². The number of aryl methyl sites for hydroxylation is 1. The Bertz CT molecular complexity index is 3410. The zero-order chi connectivity index (χ0) is 56.3. The number of amides is 1. The number of carbonyl (C=O) groups excluding carboxylic acids is 1. The number of nitrogens with one attached hydrogen (secondary N) is 2. The average molecular weight is 1170 g/mol. The van der Waals surface area contributed by atoms with Gasteiger partial charge in [0.25, 0.3) is 16.7 Å². The number of nitrogens with zero attached hydrogens (tertiary/aromatic N) is 9. The van der Waals surface area contributed by atoms with Crippen molar-refractivity contribution in [3.8, 4) is 0 Å². The Hall–Kier alpha value is -5.07. The molecular formula is C36H51N13O24P4. The Labute approximate surface area is 430 Å². The number of aliphatic hydroxyl groups excluding tert-OH is 3. The molecule has 16 atom stereocenters. The molecular weight excluding hydrogens is 1120 g/mol. The maximum absolute atomic E-state index is 13.7. The average Bonchev–Trinajstić information content (AvgIpc) is 4.13. The number of nitrogens with two attached hydrogens (primary N) is 2. The summed E-state index contributed by atoms with van der Waals surface area (Å²) in [6.45, 7) is -3.20. The normalized spacial score (nSPS) is 29.8. The Kier molecular flexibility index (Phi) is 16.8. The number of methoxy groups -OCH3 is 1. The van der Waals surface area contributed by atoms with Crippen LogP contribution in [0, 0.1) is 11.8 Å². The summed E-state index contributed by atoms with van der Waals surface area (Å²) in [4.78, 5) is 117. The Morgan fingerprint density at radius 1 is 0.805 bits per heavy atom. The quantitative estimate of drug-likeness (QED) is 0.0245. The van der Waals surface area contributed by atoms with Crippen LogP contribution in [-0.4, -0.2) is 174 Å². The number of H-pyrrole nitrogens is 2. The number of carbonyl (C=O) groups is 1. The number of hydrogen-bond acceptors (Lipinski definition) is 27. The molecule has 0 saturated carbocycles. The third-order valence-corrected chi connectivity index (χ3v) is 18.1. The largest absolute Gasteiger partial charge is 0.778 e.